The van der Waals surface area contributed by atoms with Gasteiger partial charge in [-0.15, -0.1) is 0 Å². The summed E-state index contributed by atoms with van der Waals surface area (Å²) in [5.41, 5.74) is 5.30. The van der Waals surface area contributed by atoms with Crippen LogP contribution in [0.25, 0.3) is 0 Å². The summed E-state index contributed by atoms with van der Waals surface area (Å²) >= 11 is 0. The van der Waals surface area contributed by atoms with Gasteiger partial charge >= 0.3 is 0 Å². The van der Waals surface area contributed by atoms with Crippen LogP contribution in [0.4, 0.5) is 0 Å². The first-order valence-corrected chi connectivity index (χ1v) is 5.51. The first-order chi connectivity index (χ1) is 7.54. The molecule has 0 aliphatic carbocycles. The number of nitrogens with zero attached hydrogens (tertiary/aromatic N) is 1. The molecule has 3 heteroatoms. The minimum atomic E-state index is 0.0975. The van der Waals surface area contributed by atoms with Crippen molar-refractivity contribution in [3.05, 3.63) is 35.4 Å². The Morgan fingerprint density at radius 2 is 1.88 bits per heavy atom. The normalized spacial score (nSPS) is 12.0. The van der Waals surface area contributed by atoms with E-state index < -0.39 is 0 Å². The standard InChI is InChI=1S/C13H20N2O/c1-13(2,3)12-6-4-11(5-7-12)10-15-14-8-9-16/h4-7,10,14,16H,8-9H2,1-3H3. The van der Waals surface area contributed by atoms with Gasteiger partial charge in [0.15, 0.2) is 0 Å². The molecule has 1 rings (SSSR count). The van der Waals surface area contributed by atoms with Crippen LogP contribution in [0.3, 0.4) is 0 Å². The number of aliphatic hydroxyl groups is 1. The fourth-order valence-corrected chi connectivity index (χ4v) is 1.30. The monoisotopic (exact) mass is 220 g/mol. The lowest BCUT2D eigenvalue weighted by atomic mass is 9.87. The van der Waals surface area contributed by atoms with E-state index in [0.717, 1.165) is 5.56 Å². The highest BCUT2D eigenvalue weighted by Crippen LogP contribution is 2.21. The van der Waals surface area contributed by atoms with Crippen molar-refractivity contribution in [1.29, 1.82) is 0 Å². The van der Waals surface area contributed by atoms with Crippen molar-refractivity contribution in [2.45, 2.75) is 26.2 Å². The predicted molar refractivity (Wildman–Crippen MR) is 67.8 cm³/mol. The fourth-order valence-electron chi connectivity index (χ4n) is 1.30. The van der Waals surface area contributed by atoms with Gasteiger partial charge in [-0.3, -0.25) is 0 Å². The van der Waals surface area contributed by atoms with E-state index in [4.69, 9.17) is 5.11 Å². The third-order valence-electron chi connectivity index (χ3n) is 2.31. The Kier molecular flexibility index (Phi) is 4.50. The van der Waals surface area contributed by atoms with Crippen LogP contribution >= 0.6 is 0 Å². The minimum absolute atomic E-state index is 0.0975. The summed E-state index contributed by atoms with van der Waals surface area (Å²) in [5, 5.41) is 12.5. The average Bonchev–Trinajstić information content (AvgIpc) is 2.24. The molecule has 0 heterocycles. The van der Waals surface area contributed by atoms with Crippen molar-refractivity contribution in [3.63, 3.8) is 0 Å². The molecule has 0 unspecified atom stereocenters. The van der Waals surface area contributed by atoms with E-state index in [2.05, 4.69) is 43.4 Å². The molecule has 2 N–H and O–H groups in total. The van der Waals surface area contributed by atoms with Crippen LogP contribution < -0.4 is 5.43 Å². The van der Waals surface area contributed by atoms with E-state index >= 15 is 0 Å². The van der Waals surface area contributed by atoms with E-state index in [-0.39, 0.29) is 12.0 Å². The van der Waals surface area contributed by atoms with Gasteiger partial charge in [0.2, 0.25) is 0 Å². The van der Waals surface area contributed by atoms with Gasteiger partial charge in [-0.2, -0.15) is 5.10 Å². The molecule has 0 radical (unpaired) electrons. The highest BCUT2D eigenvalue weighted by molar-refractivity contribution is 5.79. The van der Waals surface area contributed by atoms with Crippen molar-refractivity contribution in [2.24, 2.45) is 5.10 Å². The van der Waals surface area contributed by atoms with Crippen molar-refractivity contribution >= 4 is 6.21 Å². The molecular formula is C13H20N2O. The van der Waals surface area contributed by atoms with Crippen LogP contribution in [0.5, 0.6) is 0 Å². The Labute approximate surface area is 97.2 Å². The second-order valence-corrected chi connectivity index (χ2v) is 4.76. The van der Waals surface area contributed by atoms with Crippen LogP contribution in [-0.4, -0.2) is 24.5 Å². The first kappa shape index (κ1) is 12.7. The molecule has 1 aromatic rings. The topological polar surface area (TPSA) is 44.6 Å². The van der Waals surface area contributed by atoms with Gasteiger partial charge in [-0.05, 0) is 16.5 Å². The molecule has 0 aromatic heterocycles. The summed E-state index contributed by atoms with van der Waals surface area (Å²) in [6, 6.07) is 8.33. The number of rotatable bonds is 4. The molecule has 0 bridgehead atoms. The van der Waals surface area contributed by atoms with Crippen molar-refractivity contribution in [2.75, 3.05) is 13.2 Å². The molecule has 88 valence electrons. The maximum absolute atomic E-state index is 8.55. The van der Waals surface area contributed by atoms with Crippen LogP contribution in [0.2, 0.25) is 0 Å². The fraction of sp³-hybridized carbons (Fsp3) is 0.462. The lowest BCUT2D eigenvalue weighted by molar-refractivity contribution is 0.294. The second kappa shape index (κ2) is 5.66. The van der Waals surface area contributed by atoms with Gasteiger partial charge in [-0.25, -0.2) is 0 Å². The number of nitrogens with one attached hydrogen (secondary N) is 1. The van der Waals surface area contributed by atoms with Crippen LogP contribution in [-0.2, 0) is 5.41 Å². The molecule has 0 saturated heterocycles. The van der Waals surface area contributed by atoms with Gasteiger partial charge in [0.1, 0.15) is 0 Å². The summed E-state index contributed by atoms with van der Waals surface area (Å²) in [6.07, 6.45) is 1.75. The maximum atomic E-state index is 8.55. The minimum Gasteiger partial charge on any atom is -0.394 e. The van der Waals surface area contributed by atoms with Crippen molar-refractivity contribution in [1.82, 2.24) is 5.43 Å². The van der Waals surface area contributed by atoms with Crippen molar-refractivity contribution < 1.29 is 5.11 Å². The van der Waals surface area contributed by atoms with Crippen LogP contribution in [0.1, 0.15) is 31.9 Å². The van der Waals surface area contributed by atoms with Gasteiger partial charge in [0.25, 0.3) is 0 Å². The largest absolute Gasteiger partial charge is 0.394 e. The quantitative estimate of drug-likeness (QED) is 0.462. The van der Waals surface area contributed by atoms with Crippen LogP contribution in [0.15, 0.2) is 29.4 Å². The number of hydrogen-bond acceptors (Lipinski definition) is 3. The zero-order valence-electron chi connectivity index (χ0n) is 10.2. The summed E-state index contributed by atoms with van der Waals surface area (Å²) in [4.78, 5) is 0. The summed E-state index contributed by atoms with van der Waals surface area (Å²) in [6.45, 7) is 7.16. The van der Waals surface area contributed by atoms with E-state index in [0.29, 0.717) is 6.54 Å². The smallest absolute Gasteiger partial charge is 0.0620 e. The molecule has 0 saturated carbocycles. The molecular weight excluding hydrogens is 200 g/mol. The van der Waals surface area contributed by atoms with Gasteiger partial charge in [0.05, 0.1) is 19.4 Å². The summed E-state index contributed by atoms with van der Waals surface area (Å²) < 4.78 is 0. The Morgan fingerprint density at radius 1 is 1.25 bits per heavy atom. The molecule has 0 spiro atoms. The molecule has 1 aromatic carbocycles. The summed E-state index contributed by atoms with van der Waals surface area (Å²) in [5.74, 6) is 0. The molecule has 3 nitrogen and oxygen atoms in total. The van der Waals surface area contributed by atoms with Gasteiger partial charge in [0, 0.05) is 0 Å². The third-order valence-corrected chi connectivity index (χ3v) is 2.31. The zero-order chi connectivity index (χ0) is 12.0. The zero-order valence-corrected chi connectivity index (χ0v) is 10.2. The summed E-state index contributed by atoms with van der Waals surface area (Å²) in [7, 11) is 0. The maximum Gasteiger partial charge on any atom is 0.0620 e. The number of hydrogen-bond donors (Lipinski definition) is 2. The van der Waals surface area contributed by atoms with Gasteiger partial charge < -0.3 is 10.5 Å². The van der Waals surface area contributed by atoms with Crippen molar-refractivity contribution in [3.8, 4) is 0 Å². The van der Waals surface area contributed by atoms with E-state index in [1.807, 2.05) is 12.1 Å². The predicted octanol–water partition coefficient (Wildman–Crippen LogP) is 1.90. The SMILES string of the molecule is CC(C)(C)c1ccc(C=NNCCO)cc1. The van der Waals surface area contributed by atoms with E-state index in [1.54, 1.807) is 6.21 Å². The number of benzene rings is 1. The third kappa shape index (κ3) is 4.03. The molecule has 0 amide bonds. The Balaban J connectivity index is 2.61. The molecule has 0 atom stereocenters. The Hall–Kier alpha value is -1.35. The van der Waals surface area contributed by atoms with Gasteiger partial charge in [-0.1, -0.05) is 45.0 Å². The molecule has 0 aliphatic rings. The second-order valence-electron chi connectivity index (χ2n) is 4.76. The number of hydrazone groups is 1. The molecule has 0 aliphatic heterocycles. The van der Waals surface area contributed by atoms with Crippen LogP contribution in [0, 0.1) is 0 Å². The Morgan fingerprint density at radius 3 is 2.38 bits per heavy atom. The Bertz CT molecular complexity index is 336. The van der Waals surface area contributed by atoms with E-state index in [1.165, 1.54) is 5.56 Å². The van der Waals surface area contributed by atoms with E-state index in [9.17, 15) is 0 Å². The molecule has 16 heavy (non-hydrogen) atoms. The number of aliphatic hydroxyl groups excluding tert-OH is 1. The molecule has 0 fully saturated rings. The first-order valence-electron chi connectivity index (χ1n) is 5.51. The lowest BCUT2D eigenvalue weighted by Gasteiger charge is -2.18. The lowest BCUT2D eigenvalue weighted by Crippen LogP contribution is -2.12. The highest BCUT2D eigenvalue weighted by Gasteiger charge is 2.12. The average molecular weight is 220 g/mol. The highest BCUT2D eigenvalue weighted by atomic mass is 16.3.